The van der Waals surface area contributed by atoms with Crippen LogP contribution >= 0.6 is 0 Å². The van der Waals surface area contributed by atoms with Gasteiger partial charge >= 0.3 is 0 Å². The third kappa shape index (κ3) is 2.81. The predicted octanol–water partition coefficient (Wildman–Crippen LogP) is 2.74. The van der Waals surface area contributed by atoms with Crippen LogP contribution < -0.4 is 0 Å². The fourth-order valence-corrected chi connectivity index (χ4v) is 2.44. The molecule has 2 heterocycles. The van der Waals surface area contributed by atoms with Gasteiger partial charge in [-0.15, -0.1) is 0 Å². The molecular weight excluding hydrogens is 250 g/mol. The summed E-state index contributed by atoms with van der Waals surface area (Å²) in [4.78, 5) is 8.95. The fraction of sp³-hybridized carbons (Fsp3) is 0.533. The molecule has 0 amide bonds. The molecular formula is C15H23N5. The number of aryl methyl sites for hydroxylation is 2. The van der Waals surface area contributed by atoms with Crippen LogP contribution in [-0.2, 0) is 19.5 Å². The average molecular weight is 273 g/mol. The van der Waals surface area contributed by atoms with Gasteiger partial charge in [-0.2, -0.15) is 0 Å². The summed E-state index contributed by atoms with van der Waals surface area (Å²) in [5, 5.41) is 7.93. The lowest BCUT2D eigenvalue weighted by atomic mass is 10.1. The Labute approximate surface area is 120 Å². The van der Waals surface area contributed by atoms with Crippen molar-refractivity contribution in [3.05, 3.63) is 35.4 Å². The Morgan fingerprint density at radius 2 is 2.05 bits per heavy atom. The molecule has 0 aromatic carbocycles. The van der Waals surface area contributed by atoms with Crippen LogP contribution in [0.4, 0.5) is 0 Å². The van der Waals surface area contributed by atoms with Gasteiger partial charge in [0, 0.05) is 36.8 Å². The fourth-order valence-electron chi connectivity index (χ4n) is 2.44. The number of nitrogens with one attached hydrogen (secondary N) is 1. The Morgan fingerprint density at radius 1 is 1.30 bits per heavy atom. The zero-order valence-electron chi connectivity index (χ0n) is 12.8. The zero-order valence-corrected chi connectivity index (χ0v) is 12.8. The Kier molecular flexibility index (Phi) is 4.37. The van der Waals surface area contributed by atoms with Crippen molar-refractivity contribution >= 4 is 5.71 Å². The highest BCUT2D eigenvalue weighted by Crippen LogP contribution is 2.15. The van der Waals surface area contributed by atoms with E-state index in [1.54, 1.807) is 0 Å². The van der Waals surface area contributed by atoms with Crippen LogP contribution in [0.15, 0.2) is 12.4 Å². The molecule has 0 aliphatic carbocycles. The molecule has 0 aliphatic heterocycles. The Morgan fingerprint density at radius 3 is 2.60 bits per heavy atom. The summed E-state index contributed by atoms with van der Waals surface area (Å²) in [5.41, 5.74) is 2.97. The van der Waals surface area contributed by atoms with Gasteiger partial charge in [-0.3, -0.25) is 0 Å². The minimum Gasteiger partial charge on any atom is -0.330 e. The monoisotopic (exact) mass is 273 g/mol. The van der Waals surface area contributed by atoms with Gasteiger partial charge in [-0.05, 0) is 27.2 Å². The summed E-state index contributed by atoms with van der Waals surface area (Å²) in [7, 11) is 0. The number of hydrogen-bond donors (Lipinski definition) is 1. The summed E-state index contributed by atoms with van der Waals surface area (Å²) >= 11 is 0. The van der Waals surface area contributed by atoms with Gasteiger partial charge in [0.2, 0.25) is 0 Å². The van der Waals surface area contributed by atoms with Crippen LogP contribution in [-0.4, -0.2) is 24.8 Å². The first-order chi connectivity index (χ1) is 9.56. The maximum Gasteiger partial charge on any atom is 0.129 e. The summed E-state index contributed by atoms with van der Waals surface area (Å²) in [5.74, 6) is 2.04. The molecule has 0 aliphatic rings. The first-order valence-electron chi connectivity index (χ1n) is 7.15. The molecule has 0 bridgehead atoms. The standard InChI is InChI=1S/C15H23N5/c1-5-13(16)9-14-11(3)18-15(20(14)6-2)10-19-8-7-17-12(19)4/h7-8,16H,5-6,9-10H2,1-4H3. The highest BCUT2D eigenvalue weighted by Gasteiger charge is 2.15. The van der Waals surface area contributed by atoms with Gasteiger partial charge < -0.3 is 14.5 Å². The van der Waals surface area contributed by atoms with Crippen LogP contribution in [0.3, 0.4) is 0 Å². The van der Waals surface area contributed by atoms with E-state index in [0.29, 0.717) is 6.42 Å². The molecule has 0 saturated heterocycles. The smallest absolute Gasteiger partial charge is 0.129 e. The first kappa shape index (κ1) is 14.5. The Hall–Kier alpha value is -1.91. The van der Waals surface area contributed by atoms with Crippen molar-refractivity contribution in [1.29, 1.82) is 5.41 Å². The van der Waals surface area contributed by atoms with Crippen LogP contribution in [0.2, 0.25) is 0 Å². The minimum atomic E-state index is 0.700. The molecule has 5 heteroatoms. The van der Waals surface area contributed by atoms with Crippen LogP contribution in [0.25, 0.3) is 0 Å². The molecule has 0 radical (unpaired) electrons. The lowest BCUT2D eigenvalue weighted by Crippen LogP contribution is -2.12. The minimum absolute atomic E-state index is 0.700. The molecule has 108 valence electrons. The third-order valence-corrected chi connectivity index (χ3v) is 3.71. The molecule has 5 nitrogen and oxygen atoms in total. The maximum absolute atomic E-state index is 7.93. The lowest BCUT2D eigenvalue weighted by Gasteiger charge is -2.11. The lowest BCUT2D eigenvalue weighted by molar-refractivity contribution is 0.628. The second kappa shape index (κ2) is 6.03. The van der Waals surface area contributed by atoms with E-state index in [4.69, 9.17) is 10.4 Å². The van der Waals surface area contributed by atoms with Crippen molar-refractivity contribution in [1.82, 2.24) is 19.1 Å². The van der Waals surface area contributed by atoms with Gasteiger partial charge in [0.1, 0.15) is 11.6 Å². The van der Waals surface area contributed by atoms with Crippen LogP contribution in [0, 0.1) is 19.3 Å². The van der Waals surface area contributed by atoms with E-state index >= 15 is 0 Å². The summed E-state index contributed by atoms with van der Waals surface area (Å²) in [6.07, 6.45) is 5.29. The summed E-state index contributed by atoms with van der Waals surface area (Å²) < 4.78 is 4.34. The Balaban J connectivity index is 2.32. The van der Waals surface area contributed by atoms with Gasteiger partial charge in [0.15, 0.2) is 0 Å². The van der Waals surface area contributed by atoms with Crippen molar-refractivity contribution in [2.24, 2.45) is 0 Å². The molecule has 2 aromatic heterocycles. The summed E-state index contributed by atoms with van der Waals surface area (Å²) in [6, 6.07) is 0. The van der Waals surface area contributed by atoms with E-state index in [9.17, 15) is 0 Å². The average Bonchev–Trinajstić information content (AvgIpc) is 2.95. The second-order valence-corrected chi connectivity index (χ2v) is 5.04. The van der Waals surface area contributed by atoms with Crippen molar-refractivity contribution in [3.8, 4) is 0 Å². The van der Waals surface area contributed by atoms with E-state index in [1.807, 2.05) is 33.2 Å². The van der Waals surface area contributed by atoms with Crippen molar-refractivity contribution in [2.45, 2.75) is 53.6 Å². The number of rotatable bonds is 6. The number of aromatic nitrogens is 4. The summed E-state index contributed by atoms with van der Waals surface area (Å²) in [6.45, 7) is 9.81. The van der Waals surface area contributed by atoms with Crippen LogP contribution in [0.5, 0.6) is 0 Å². The van der Waals surface area contributed by atoms with Gasteiger partial charge in [-0.1, -0.05) is 6.92 Å². The van der Waals surface area contributed by atoms with Gasteiger partial charge in [0.05, 0.1) is 12.2 Å². The zero-order chi connectivity index (χ0) is 14.7. The number of imidazole rings is 2. The molecule has 0 saturated carbocycles. The normalized spacial score (nSPS) is 11.0. The molecule has 1 N–H and O–H groups in total. The van der Waals surface area contributed by atoms with Crippen molar-refractivity contribution in [2.75, 3.05) is 0 Å². The highest BCUT2D eigenvalue weighted by molar-refractivity contribution is 5.83. The molecule has 0 spiro atoms. The van der Waals surface area contributed by atoms with E-state index in [1.165, 1.54) is 5.69 Å². The quantitative estimate of drug-likeness (QED) is 0.823. The van der Waals surface area contributed by atoms with Crippen LogP contribution in [0.1, 0.15) is 43.3 Å². The maximum atomic E-state index is 7.93. The highest BCUT2D eigenvalue weighted by atomic mass is 15.1. The molecule has 2 aromatic rings. The number of hydrogen-bond acceptors (Lipinski definition) is 3. The van der Waals surface area contributed by atoms with E-state index < -0.39 is 0 Å². The second-order valence-electron chi connectivity index (χ2n) is 5.04. The largest absolute Gasteiger partial charge is 0.330 e. The first-order valence-corrected chi connectivity index (χ1v) is 7.15. The van der Waals surface area contributed by atoms with Gasteiger partial charge in [0.25, 0.3) is 0 Å². The molecule has 0 atom stereocenters. The Bertz CT molecular complexity index is 606. The van der Waals surface area contributed by atoms with E-state index in [2.05, 4.69) is 21.0 Å². The van der Waals surface area contributed by atoms with E-state index in [-0.39, 0.29) is 0 Å². The SMILES string of the molecule is CCC(=N)Cc1c(C)nc(Cn2ccnc2C)n1CC. The van der Waals surface area contributed by atoms with Gasteiger partial charge in [-0.25, -0.2) is 9.97 Å². The van der Waals surface area contributed by atoms with Crippen molar-refractivity contribution < 1.29 is 0 Å². The number of nitrogens with zero attached hydrogens (tertiary/aromatic N) is 4. The van der Waals surface area contributed by atoms with Crippen molar-refractivity contribution in [3.63, 3.8) is 0 Å². The molecule has 2 rings (SSSR count). The molecule has 0 unspecified atom stereocenters. The molecule has 20 heavy (non-hydrogen) atoms. The predicted molar refractivity (Wildman–Crippen MR) is 80.4 cm³/mol. The third-order valence-electron chi connectivity index (χ3n) is 3.71. The van der Waals surface area contributed by atoms with E-state index in [0.717, 1.165) is 42.6 Å². The topological polar surface area (TPSA) is 59.5 Å². The molecule has 0 fully saturated rings.